The molecule has 0 aliphatic heterocycles. The van der Waals surface area contributed by atoms with Gasteiger partial charge in [-0.25, -0.2) is 14.2 Å². The molecule has 1 N–H and O–H groups in total. The average Bonchev–Trinajstić information content (AvgIpc) is 3.17. The number of quaternary nitrogens is 1. The van der Waals surface area contributed by atoms with Crippen LogP contribution >= 0.6 is 7.82 Å². The normalized spacial score (nSPS) is 13.7. The van der Waals surface area contributed by atoms with Gasteiger partial charge < -0.3 is 18.9 Å². The number of unbranched alkanes of at least 4 members (excludes halogenated alkanes) is 30. The first-order valence-corrected chi connectivity index (χ1v) is 25.6. The summed E-state index contributed by atoms with van der Waals surface area (Å²) in [6.07, 6.45) is 46.1. The molecule has 0 aliphatic carbocycles. The summed E-state index contributed by atoms with van der Waals surface area (Å²) >= 11 is 0. The molecule has 0 aromatic carbocycles. The number of likely N-dealkylation sites (N-methyl/N-ethyl adjacent to an activating group) is 1. The molecule has 342 valence electrons. The second-order valence-corrected chi connectivity index (χ2v) is 19.0. The molecule has 0 bridgehead atoms. The maximum atomic E-state index is 12.6. The molecule has 0 radical (unpaired) electrons. The zero-order chi connectivity index (χ0) is 42.8. The van der Waals surface area contributed by atoms with Gasteiger partial charge >= 0.3 is 19.8 Å². The Morgan fingerprint density at radius 2 is 0.862 bits per heavy atom. The van der Waals surface area contributed by atoms with E-state index < -0.39 is 32.5 Å². The van der Waals surface area contributed by atoms with Crippen molar-refractivity contribution in [2.24, 2.45) is 0 Å². The van der Waals surface area contributed by atoms with Crippen molar-refractivity contribution in [2.75, 3.05) is 47.5 Å². The van der Waals surface area contributed by atoms with Gasteiger partial charge in [0.1, 0.15) is 19.8 Å². The number of allylic oxidation sites excluding steroid dienone is 2. The molecule has 0 fully saturated rings. The predicted octanol–water partition coefficient (Wildman–Crippen LogP) is 13.9. The third kappa shape index (κ3) is 44.1. The van der Waals surface area contributed by atoms with E-state index in [-0.39, 0.29) is 13.2 Å². The van der Waals surface area contributed by atoms with Gasteiger partial charge in [0.15, 0.2) is 6.10 Å². The van der Waals surface area contributed by atoms with Crippen LogP contribution < -0.4 is 0 Å². The summed E-state index contributed by atoms with van der Waals surface area (Å²) in [6.45, 7) is 4.29. The van der Waals surface area contributed by atoms with Crippen LogP contribution in [0.15, 0.2) is 24.3 Å². The minimum Gasteiger partial charge on any atom is -0.458 e. The smallest absolute Gasteiger partial charge is 0.458 e. The number of esters is 2. The molecular weight excluding hydrogens is 750 g/mol. The standard InChI is InChI=1S/C48H92NO8P/c1-6-8-10-12-14-16-18-20-22-24-26-28-30-32-34-36-38-40-47(50)54-44-46(45-56-58(52,53)55-43-42-49(3,4)5)57-48(51)41-39-37-35-33-31-29-27-25-23-21-19-17-15-13-11-9-7-2/h38-41,46H,6-37,42-45H2,1-5H3/p+1. The number of nitrogens with zero attached hydrogens (tertiary/aromatic N) is 1. The van der Waals surface area contributed by atoms with Gasteiger partial charge in [-0.1, -0.05) is 206 Å². The van der Waals surface area contributed by atoms with Crippen LogP contribution in [0.25, 0.3) is 0 Å². The van der Waals surface area contributed by atoms with Crippen LogP contribution in [-0.2, 0) is 32.7 Å². The zero-order valence-corrected chi connectivity index (χ0v) is 39.4. The molecule has 0 aromatic heterocycles. The Morgan fingerprint density at radius 3 is 1.22 bits per heavy atom. The van der Waals surface area contributed by atoms with Gasteiger partial charge in [-0.3, -0.25) is 9.05 Å². The van der Waals surface area contributed by atoms with Gasteiger partial charge in [-0.05, 0) is 25.7 Å². The monoisotopic (exact) mass is 843 g/mol. The number of phosphoric acid groups is 1. The van der Waals surface area contributed by atoms with Gasteiger partial charge in [0.25, 0.3) is 0 Å². The molecular formula is C48H93NO8P+. The number of carbonyl (C=O) groups excluding carboxylic acids is 2. The van der Waals surface area contributed by atoms with E-state index >= 15 is 0 Å². The second kappa shape index (κ2) is 40.9. The molecule has 0 saturated heterocycles. The lowest BCUT2D eigenvalue weighted by Gasteiger charge is -2.24. The molecule has 0 heterocycles. The molecule has 0 saturated carbocycles. The van der Waals surface area contributed by atoms with Crippen LogP contribution in [0.5, 0.6) is 0 Å². The maximum absolute atomic E-state index is 12.6. The van der Waals surface area contributed by atoms with Crippen molar-refractivity contribution in [3.63, 3.8) is 0 Å². The van der Waals surface area contributed by atoms with Gasteiger partial charge in [0.2, 0.25) is 0 Å². The predicted molar refractivity (Wildman–Crippen MR) is 243 cm³/mol. The van der Waals surface area contributed by atoms with Gasteiger partial charge in [-0.15, -0.1) is 0 Å². The van der Waals surface area contributed by atoms with Crippen molar-refractivity contribution in [3.8, 4) is 0 Å². The minimum absolute atomic E-state index is 0.0168. The van der Waals surface area contributed by atoms with Crippen molar-refractivity contribution in [2.45, 2.75) is 225 Å². The van der Waals surface area contributed by atoms with Crippen molar-refractivity contribution in [1.82, 2.24) is 0 Å². The summed E-state index contributed by atoms with van der Waals surface area (Å²) < 4.78 is 34.1. The van der Waals surface area contributed by atoms with E-state index in [0.29, 0.717) is 11.0 Å². The Bertz CT molecular complexity index is 1040. The molecule has 10 heteroatoms. The van der Waals surface area contributed by atoms with Gasteiger partial charge in [0, 0.05) is 12.2 Å². The fourth-order valence-electron chi connectivity index (χ4n) is 6.81. The fraction of sp³-hybridized carbons (Fsp3) is 0.875. The number of phosphoric ester groups is 1. The lowest BCUT2D eigenvalue weighted by atomic mass is 10.0. The number of carbonyl (C=O) groups is 2. The third-order valence-corrected chi connectivity index (χ3v) is 11.6. The van der Waals surface area contributed by atoms with E-state index in [0.717, 1.165) is 38.5 Å². The number of ether oxygens (including phenoxy) is 2. The minimum atomic E-state index is -4.40. The average molecular weight is 843 g/mol. The number of rotatable bonds is 44. The van der Waals surface area contributed by atoms with Crippen molar-refractivity contribution in [1.29, 1.82) is 0 Å². The molecule has 0 amide bonds. The molecule has 2 atom stereocenters. The highest BCUT2D eigenvalue weighted by molar-refractivity contribution is 7.47. The molecule has 0 aromatic rings. The second-order valence-electron chi connectivity index (χ2n) is 17.6. The van der Waals surface area contributed by atoms with Crippen LogP contribution in [0.4, 0.5) is 0 Å². The van der Waals surface area contributed by atoms with Crippen LogP contribution in [0.2, 0.25) is 0 Å². The topological polar surface area (TPSA) is 108 Å². The first-order valence-electron chi connectivity index (χ1n) is 24.1. The molecule has 2 unspecified atom stereocenters. The lowest BCUT2D eigenvalue weighted by molar-refractivity contribution is -0.870. The Morgan fingerprint density at radius 1 is 0.517 bits per heavy atom. The lowest BCUT2D eigenvalue weighted by Crippen LogP contribution is -2.37. The number of hydrogen-bond donors (Lipinski definition) is 1. The van der Waals surface area contributed by atoms with Crippen molar-refractivity contribution < 1.29 is 42.1 Å². The molecule has 58 heavy (non-hydrogen) atoms. The Hall–Kier alpha value is -1.51. The van der Waals surface area contributed by atoms with E-state index in [4.69, 9.17) is 18.5 Å². The SMILES string of the molecule is CCCCCCCCCCCCCCCCCC=CC(=O)OCC(COP(=O)(O)OCC[N+](C)(C)C)OC(=O)C=CCCCCCCCCCCCCCCCCC. The first kappa shape index (κ1) is 56.5. The quantitative estimate of drug-likeness (QED) is 0.0212. The Kier molecular flexibility index (Phi) is 39.8. The van der Waals surface area contributed by atoms with Crippen LogP contribution in [0, 0.1) is 0 Å². The van der Waals surface area contributed by atoms with Crippen LogP contribution in [0.1, 0.15) is 219 Å². The van der Waals surface area contributed by atoms with Crippen LogP contribution in [-0.4, -0.2) is 74.9 Å². The van der Waals surface area contributed by atoms with Gasteiger partial charge in [-0.2, -0.15) is 0 Å². The summed E-state index contributed by atoms with van der Waals surface area (Å²) in [5.74, 6) is -1.18. The first-order chi connectivity index (χ1) is 28.0. The van der Waals surface area contributed by atoms with Gasteiger partial charge in [0.05, 0.1) is 27.7 Å². The maximum Gasteiger partial charge on any atom is 0.472 e. The highest BCUT2D eigenvalue weighted by Crippen LogP contribution is 2.43. The molecule has 0 spiro atoms. The highest BCUT2D eigenvalue weighted by atomic mass is 31.2. The van der Waals surface area contributed by atoms with E-state index in [9.17, 15) is 19.0 Å². The van der Waals surface area contributed by atoms with Crippen molar-refractivity contribution in [3.05, 3.63) is 24.3 Å². The highest BCUT2D eigenvalue weighted by Gasteiger charge is 2.26. The third-order valence-electron chi connectivity index (χ3n) is 10.6. The van der Waals surface area contributed by atoms with E-state index in [1.165, 1.54) is 179 Å². The molecule has 0 rings (SSSR count). The van der Waals surface area contributed by atoms with E-state index in [1.807, 2.05) is 27.2 Å². The summed E-state index contributed by atoms with van der Waals surface area (Å²) in [5.41, 5.74) is 0. The summed E-state index contributed by atoms with van der Waals surface area (Å²) in [5, 5.41) is 0. The summed E-state index contributed by atoms with van der Waals surface area (Å²) in [6, 6.07) is 0. The summed E-state index contributed by atoms with van der Waals surface area (Å²) in [7, 11) is 1.43. The van der Waals surface area contributed by atoms with Crippen LogP contribution in [0.3, 0.4) is 0 Å². The number of hydrogen-bond acceptors (Lipinski definition) is 7. The van der Waals surface area contributed by atoms with E-state index in [1.54, 1.807) is 6.08 Å². The molecule has 9 nitrogen and oxygen atoms in total. The van der Waals surface area contributed by atoms with E-state index in [2.05, 4.69) is 13.8 Å². The zero-order valence-electron chi connectivity index (χ0n) is 38.5. The molecule has 0 aliphatic rings. The Balaban J connectivity index is 4.37. The fourth-order valence-corrected chi connectivity index (χ4v) is 7.56. The Labute approximate surface area is 358 Å². The largest absolute Gasteiger partial charge is 0.472 e. The van der Waals surface area contributed by atoms with Crippen molar-refractivity contribution >= 4 is 19.8 Å². The summed E-state index contributed by atoms with van der Waals surface area (Å²) in [4.78, 5) is 35.3.